The van der Waals surface area contributed by atoms with E-state index in [1.807, 2.05) is 31.2 Å². The fourth-order valence-corrected chi connectivity index (χ4v) is 2.85. The number of hydrogen-bond donors (Lipinski definition) is 2. The van der Waals surface area contributed by atoms with Crippen LogP contribution in [0.5, 0.6) is 5.75 Å². The van der Waals surface area contributed by atoms with Gasteiger partial charge in [0.05, 0.1) is 12.8 Å². The highest BCUT2D eigenvalue weighted by Crippen LogP contribution is 2.19. The number of rotatable bonds is 7. The van der Waals surface area contributed by atoms with Gasteiger partial charge in [0.1, 0.15) is 18.0 Å². The molecule has 160 valence electrons. The molecule has 0 spiro atoms. The van der Waals surface area contributed by atoms with Crippen molar-refractivity contribution < 1.29 is 14.3 Å². The zero-order valence-corrected chi connectivity index (χ0v) is 17.6. The van der Waals surface area contributed by atoms with E-state index in [1.54, 1.807) is 38.3 Å². The van der Waals surface area contributed by atoms with Crippen molar-refractivity contribution in [1.29, 1.82) is 0 Å². The summed E-state index contributed by atoms with van der Waals surface area (Å²) < 4.78 is 6.15. The summed E-state index contributed by atoms with van der Waals surface area (Å²) in [5.74, 6) is -0.0565. The Morgan fingerprint density at radius 2 is 1.68 bits per heavy atom. The van der Waals surface area contributed by atoms with Gasteiger partial charge >= 0.3 is 0 Å². The van der Waals surface area contributed by atoms with Crippen molar-refractivity contribution in [2.24, 2.45) is 0 Å². The third kappa shape index (κ3) is 5.57. The predicted octanol–water partition coefficient (Wildman–Crippen LogP) is 3.21. The van der Waals surface area contributed by atoms with Crippen LogP contribution in [0.1, 0.15) is 18.9 Å². The number of aromatic nitrogens is 2. The molecule has 3 aromatic rings. The molecule has 0 aliphatic rings. The lowest BCUT2D eigenvalue weighted by molar-refractivity contribution is -0.117. The van der Waals surface area contributed by atoms with Crippen LogP contribution in [-0.2, 0) is 16.1 Å². The van der Waals surface area contributed by atoms with E-state index in [1.165, 1.54) is 6.07 Å². The number of ether oxygens (including phenoxy) is 1. The van der Waals surface area contributed by atoms with E-state index in [2.05, 4.69) is 15.7 Å². The number of amides is 2. The van der Waals surface area contributed by atoms with Gasteiger partial charge in [0, 0.05) is 17.7 Å². The van der Waals surface area contributed by atoms with Crippen molar-refractivity contribution in [3.63, 3.8) is 0 Å². The smallest absolute Gasteiger partial charge is 0.291 e. The van der Waals surface area contributed by atoms with Gasteiger partial charge in [0.25, 0.3) is 5.56 Å². The summed E-state index contributed by atoms with van der Waals surface area (Å²) in [4.78, 5) is 37.2. The molecule has 2 amide bonds. The molecule has 0 saturated carbocycles. The number of aryl methyl sites for hydroxylation is 1. The molecular weight excluding hydrogens is 396 g/mol. The molecule has 31 heavy (non-hydrogen) atoms. The molecule has 2 N–H and O–H groups in total. The Labute approximate surface area is 179 Å². The predicted molar refractivity (Wildman–Crippen MR) is 119 cm³/mol. The molecule has 3 rings (SSSR count). The number of benzene rings is 2. The second-order valence-electron chi connectivity index (χ2n) is 6.95. The summed E-state index contributed by atoms with van der Waals surface area (Å²) in [5.41, 5.74) is 2.41. The minimum atomic E-state index is -0.553. The zero-order valence-electron chi connectivity index (χ0n) is 17.6. The van der Waals surface area contributed by atoms with E-state index in [9.17, 15) is 14.4 Å². The van der Waals surface area contributed by atoms with Gasteiger partial charge in [-0.2, -0.15) is 5.10 Å². The molecular formula is C23H24N4O4. The normalized spacial score (nSPS) is 10.4. The van der Waals surface area contributed by atoms with Gasteiger partial charge in [-0.05, 0) is 37.3 Å². The van der Waals surface area contributed by atoms with Crippen LogP contribution >= 0.6 is 0 Å². The van der Waals surface area contributed by atoms with Gasteiger partial charge in [-0.1, -0.05) is 36.8 Å². The highest BCUT2D eigenvalue weighted by molar-refractivity contribution is 5.92. The largest absolute Gasteiger partial charge is 0.497 e. The fraction of sp³-hybridized carbons (Fsp3) is 0.217. The van der Waals surface area contributed by atoms with Gasteiger partial charge in [-0.15, -0.1) is 0 Å². The van der Waals surface area contributed by atoms with Gasteiger partial charge in [-0.3, -0.25) is 14.4 Å². The minimum absolute atomic E-state index is 0.0784. The first-order valence-corrected chi connectivity index (χ1v) is 9.82. The molecule has 0 fully saturated rings. The molecule has 1 aromatic heterocycles. The number of hydrogen-bond acceptors (Lipinski definition) is 5. The fourth-order valence-electron chi connectivity index (χ4n) is 2.85. The van der Waals surface area contributed by atoms with Crippen LogP contribution in [0.4, 0.5) is 11.4 Å². The highest BCUT2D eigenvalue weighted by Gasteiger charge is 2.14. The Morgan fingerprint density at radius 3 is 2.29 bits per heavy atom. The van der Waals surface area contributed by atoms with Crippen LogP contribution in [0.3, 0.4) is 0 Å². The number of anilines is 2. The second-order valence-corrected chi connectivity index (χ2v) is 6.95. The van der Waals surface area contributed by atoms with Crippen LogP contribution in [0.15, 0.2) is 59.4 Å². The summed E-state index contributed by atoms with van der Waals surface area (Å²) in [6.45, 7) is 3.35. The van der Waals surface area contributed by atoms with E-state index in [0.29, 0.717) is 17.1 Å². The Bertz CT molecular complexity index is 1140. The van der Waals surface area contributed by atoms with Crippen molar-refractivity contribution in [3.05, 3.63) is 70.5 Å². The standard InChI is InChI=1S/C23H24N4O4/c1-4-21(28)25-20-13-19(16-7-5-15(2)6-8-16)26-27(23(20)30)14-22(29)24-17-9-11-18(31-3)12-10-17/h5-13H,4,14H2,1-3H3,(H,24,29)(H,25,28). The molecule has 8 heteroatoms. The Balaban J connectivity index is 1.91. The van der Waals surface area contributed by atoms with E-state index in [0.717, 1.165) is 15.8 Å². The maximum absolute atomic E-state index is 12.8. The lowest BCUT2D eigenvalue weighted by Gasteiger charge is -2.12. The second kappa shape index (κ2) is 9.71. The highest BCUT2D eigenvalue weighted by atomic mass is 16.5. The minimum Gasteiger partial charge on any atom is -0.497 e. The zero-order chi connectivity index (χ0) is 22.4. The van der Waals surface area contributed by atoms with Gasteiger partial charge in [-0.25, -0.2) is 4.68 Å². The first kappa shape index (κ1) is 21.8. The molecule has 2 aromatic carbocycles. The molecule has 0 bridgehead atoms. The van der Waals surface area contributed by atoms with Crippen molar-refractivity contribution in [1.82, 2.24) is 9.78 Å². The van der Waals surface area contributed by atoms with E-state index >= 15 is 0 Å². The van der Waals surface area contributed by atoms with Crippen LogP contribution in [0, 0.1) is 6.92 Å². The van der Waals surface area contributed by atoms with Crippen LogP contribution in [0.2, 0.25) is 0 Å². The molecule has 0 aliphatic carbocycles. The molecule has 8 nitrogen and oxygen atoms in total. The first-order chi connectivity index (χ1) is 14.9. The van der Waals surface area contributed by atoms with Crippen molar-refractivity contribution >= 4 is 23.2 Å². The molecule has 0 unspecified atom stereocenters. The van der Waals surface area contributed by atoms with Gasteiger partial charge in [0.15, 0.2) is 0 Å². The van der Waals surface area contributed by atoms with Gasteiger partial charge in [0.2, 0.25) is 11.8 Å². The van der Waals surface area contributed by atoms with E-state index in [-0.39, 0.29) is 24.6 Å². The lowest BCUT2D eigenvalue weighted by Crippen LogP contribution is -2.32. The summed E-state index contributed by atoms with van der Waals surface area (Å²) in [6.07, 6.45) is 0.222. The van der Waals surface area contributed by atoms with Crippen molar-refractivity contribution in [3.8, 4) is 17.0 Å². The SMILES string of the molecule is CCC(=O)Nc1cc(-c2ccc(C)cc2)nn(CC(=O)Nc2ccc(OC)cc2)c1=O. The molecule has 0 radical (unpaired) electrons. The number of nitrogens with zero attached hydrogens (tertiary/aromatic N) is 2. The molecule has 0 atom stereocenters. The third-order valence-electron chi connectivity index (χ3n) is 4.58. The van der Waals surface area contributed by atoms with Crippen LogP contribution in [0.25, 0.3) is 11.3 Å². The average molecular weight is 420 g/mol. The van der Waals surface area contributed by atoms with E-state index in [4.69, 9.17) is 4.74 Å². The first-order valence-electron chi connectivity index (χ1n) is 9.82. The lowest BCUT2D eigenvalue weighted by atomic mass is 10.1. The molecule has 1 heterocycles. The maximum atomic E-state index is 12.8. The molecule has 0 saturated heterocycles. The Morgan fingerprint density at radius 1 is 1.00 bits per heavy atom. The number of methoxy groups -OCH3 is 1. The molecule has 0 aliphatic heterocycles. The topological polar surface area (TPSA) is 102 Å². The van der Waals surface area contributed by atoms with Crippen molar-refractivity contribution in [2.45, 2.75) is 26.8 Å². The summed E-state index contributed by atoms with van der Waals surface area (Å²) >= 11 is 0. The van der Waals surface area contributed by atoms with Crippen molar-refractivity contribution in [2.75, 3.05) is 17.7 Å². The Hall–Kier alpha value is -3.94. The van der Waals surface area contributed by atoms with Crippen LogP contribution in [-0.4, -0.2) is 28.7 Å². The number of carbonyl (C=O) groups excluding carboxylic acids is 2. The van der Waals surface area contributed by atoms with E-state index < -0.39 is 11.5 Å². The number of nitrogens with one attached hydrogen (secondary N) is 2. The third-order valence-corrected chi connectivity index (χ3v) is 4.58. The summed E-state index contributed by atoms with van der Waals surface area (Å²) in [6, 6.07) is 15.9. The quantitative estimate of drug-likeness (QED) is 0.611. The summed E-state index contributed by atoms with van der Waals surface area (Å²) in [7, 11) is 1.56. The maximum Gasteiger partial charge on any atom is 0.291 e. The average Bonchev–Trinajstić information content (AvgIpc) is 2.77. The summed E-state index contributed by atoms with van der Waals surface area (Å²) in [5, 5.41) is 9.67. The van der Waals surface area contributed by atoms with Gasteiger partial charge < -0.3 is 15.4 Å². The number of carbonyl (C=O) groups is 2. The monoisotopic (exact) mass is 420 g/mol. The Kier molecular flexibility index (Phi) is 6.81. The van der Waals surface area contributed by atoms with Crippen LogP contribution < -0.4 is 20.9 Å².